The number of benzene rings is 4. The first-order valence-corrected chi connectivity index (χ1v) is 23.5. The average molecular weight is 715 g/mol. The summed E-state index contributed by atoms with van der Waals surface area (Å²) < 4.78 is 0. The summed E-state index contributed by atoms with van der Waals surface area (Å²) in [5, 5.41) is 5.46. The van der Waals surface area contributed by atoms with E-state index in [9.17, 15) is 0 Å². The molecule has 6 aromatic rings. The van der Waals surface area contributed by atoms with Crippen LogP contribution < -0.4 is 0 Å². The fourth-order valence-corrected chi connectivity index (χ4v) is 5.71. The summed E-state index contributed by atoms with van der Waals surface area (Å²) in [5.74, 6) is 1.07. The number of fused-ring (bicyclic) bond motifs is 2. The monoisotopic (exact) mass is 712 g/mol. The van der Waals surface area contributed by atoms with Crippen molar-refractivity contribution in [3.8, 4) is 22.3 Å². The molecule has 0 aromatic heterocycles. The minimum atomic E-state index is -0.826. The Balaban J connectivity index is 0.000000204. The molecule has 0 spiro atoms. The van der Waals surface area contributed by atoms with Gasteiger partial charge < -0.3 is 0 Å². The molecule has 0 unspecified atom stereocenters. The molecule has 0 fully saturated rings. The van der Waals surface area contributed by atoms with Crippen LogP contribution in [0.2, 0.25) is 13.1 Å². The van der Waals surface area contributed by atoms with Crippen LogP contribution in [0, 0.1) is 13.8 Å². The summed E-state index contributed by atoms with van der Waals surface area (Å²) in [7, 11) is 11.0. The Bertz CT molecular complexity index is 1580. The summed E-state index contributed by atoms with van der Waals surface area (Å²) in [4.78, 5) is 0. The van der Waals surface area contributed by atoms with E-state index in [4.69, 9.17) is 17.0 Å². The van der Waals surface area contributed by atoms with Crippen LogP contribution in [0.25, 0.3) is 43.8 Å². The van der Waals surface area contributed by atoms with Gasteiger partial charge in [-0.1, -0.05) is 138 Å². The second-order valence-electron chi connectivity index (χ2n) is 11.7. The fraction of sp³-hybridized carbons (Fsp3) is 0.250. The van der Waals surface area contributed by atoms with Crippen molar-refractivity contribution in [3.05, 3.63) is 131 Å². The summed E-state index contributed by atoms with van der Waals surface area (Å²) in [6, 6.07) is 39.7. The number of rotatable bonds is 4. The predicted molar refractivity (Wildman–Crippen MR) is 197 cm³/mol. The molecular weight excluding hydrogens is 671 g/mol. The average Bonchev–Trinajstić information content (AvgIpc) is 3.58. The van der Waals surface area contributed by atoms with E-state index in [-0.39, 0.29) is 0 Å². The third kappa shape index (κ3) is 9.40. The van der Waals surface area contributed by atoms with Gasteiger partial charge in [-0.25, -0.2) is 0 Å². The van der Waals surface area contributed by atoms with Gasteiger partial charge in [-0.3, -0.25) is 0 Å². The molecule has 0 bridgehead atoms. The molecule has 0 N–H and O–H groups in total. The molecule has 0 saturated heterocycles. The summed E-state index contributed by atoms with van der Waals surface area (Å²) in [5.41, 5.74) is 11.0. The van der Waals surface area contributed by atoms with E-state index in [0.717, 1.165) is 9.52 Å². The molecule has 6 rings (SSSR count). The summed E-state index contributed by atoms with van der Waals surface area (Å²) in [6.07, 6.45) is 0. The Hall–Kier alpha value is -2.22. The Labute approximate surface area is 287 Å². The minimum absolute atomic E-state index is 0.537. The molecule has 44 heavy (non-hydrogen) atoms. The van der Waals surface area contributed by atoms with Crippen LogP contribution in [0.1, 0.15) is 61.8 Å². The van der Waals surface area contributed by atoms with Gasteiger partial charge in [0, 0.05) is 9.52 Å². The molecule has 2 radical (unpaired) electrons. The summed E-state index contributed by atoms with van der Waals surface area (Å²) in [6.45, 7) is 17.7. The Morgan fingerprint density at radius 3 is 1.18 bits per heavy atom. The zero-order chi connectivity index (χ0) is 32.2. The normalized spacial score (nSPS) is 10.5. The van der Waals surface area contributed by atoms with Crippen LogP contribution in [-0.2, 0) is 20.8 Å². The van der Waals surface area contributed by atoms with Crippen molar-refractivity contribution in [1.82, 2.24) is 0 Å². The van der Waals surface area contributed by atoms with Crippen molar-refractivity contribution in [1.29, 1.82) is 0 Å². The number of hydrogen-bond acceptors (Lipinski definition) is 0. The van der Waals surface area contributed by atoms with Crippen LogP contribution in [-0.4, -0.2) is 9.52 Å². The van der Waals surface area contributed by atoms with E-state index in [1.165, 1.54) is 66.1 Å². The second-order valence-corrected chi connectivity index (χ2v) is 16.5. The Kier molecular flexibility index (Phi) is 14.9. The molecule has 0 aliphatic heterocycles. The zero-order valence-electron chi connectivity index (χ0n) is 27.3. The van der Waals surface area contributed by atoms with Crippen molar-refractivity contribution in [2.45, 2.75) is 66.5 Å². The van der Waals surface area contributed by atoms with E-state index in [1.807, 2.05) is 0 Å². The SMILES string of the molecule is C[Si]C.Cc1cc2c(-c3ccccc3)c(C(C)C)ccc2[cH-]1.Cc1cc2c(-c3ccccc3)c(C(C)C)ccc2[cH-]1.[Cl][Zr+2][Cl]. The molecule has 6 aromatic carbocycles. The van der Waals surface area contributed by atoms with Crippen LogP contribution in [0.4, 0.5) is 0 Å². The molecule has 4 heteroatoms. The van der Waals surface area contributed by atoms with Gasteiger partial charge in [0.1, 0.15) is 0 Å². The van der Waals surface area contributed by atoms with E-state index in [0.29, 0.717) is 11.8 Å². The number of hydrogen-bond donors (Lipinski definition) is 0. The van der Waals surface area contributed by atoms with Crippen LogP contribution >= 0.6 is 17.0 Å². The van der Waals surface area contributed by atoms with Crippen molar-refractivity contribution in [2.24, 2.45) is 0 Å². The van der Waals surface area contributed by atoms with Crippen molar-refractivity contribution < 1.29 is 20.8 Å². The van der Waals surface area contributed by atoms with Crippen LogP contribution in [0.5, 0.6) is 0 Å². The molecule has 0 amide bonds. The summed E-state index contributed by atoms with van der Waals surface area (Å²) >= 11 is -0.826. The Morgan fingerprint density at radius 2 is 0.886 bits per heavy atom. The van der Waals surface area contributed by atoms with Crippen molar-refractivity contribution in [3.63, 3.8) is 0 Å². The van der Waals surface area contributed by atoms with E-state index >= 15 is 0 Å². The number of aryl methyl sites for hydroxylation is 2. The maximum atomic E-state index is 4.93. The maximum absolute atomic E-state index is 4.93. The van der Waals surface area contributed by atoms with Gasteiger partial charge in [0.2, 0.25) is 0 Å². The van der Waals surface area contributed by atoms with E-state index in [2.05, 4.69) is 164 Å². The molecule has 0 atom stereocenters. The molecule has 226 valence electrons. The third-order valence-corrected chi connectivity index (χ3v) is 7.50. The van der Waals surface area contributed by atoms with Gasteiger partial charge in [-0.15, -0.1) is 69.1 Å². The predicted octanol–water partition coefficient (Wildman–Crippen LogP) is 13.5. The molecule has 0 aliphatic rings. The standard InChI is InChI=1S/2C19H19.C2H6Si.2ClH.Zr/c2*1-13(2)17-10-9-16-11-14(3)12-18(16)19(17)15-7-5-4-6-8-15;1-3-2;;;/h2*4-13H,1-3H3;1-2H3;2*1H;/q2*-1;;;;+4/p-2. The first-order chi connectivity index (χ1) is 21.2. The van der Waals surface area contributed by atoms with E-state index < -0.39 is 20.8 Å². The molecule has 0 aliphatic carbocycles. The van der Waals surface area contributed by atoms with Gasteiger partial charge in [-0.05, 0) is 23.0 Å². The second kappa shape index (κ2) is 18.1. The molecule has 0 saturated carbocycles. The van der Waals surface area contributed by atoms with Crippen molar-refractivity contribution >= 4 is 48.1 Å². The van der Waals surface area contributed by atoms with Crippen molar-refractivity contribution in [2.75, 3.05) is 0 Å². The molecule has 0 nitrogen and oxygen atoms in total. The van der Waals surface area contributed by atoms with Crippen LogP contribution in [0.3, 0.4) is 0 Å². The van der Waals surface area contributed by atoms with Gasteiger partial charge >= 0.3 is 37.9 Å². The Morgan fingerprint density at radius 1 is 0.568 bits per heavy atom. The first-order valence-electron chi connectivity index (χ1n) is 15.2. The quantitative estimate of drug-likeness (QED) is 0.126. The molecule has 0 heterocycles. The zero-order valence-corrected chi connectivity index (χ0v) is 32.3. The fourth-order valence-electron chi connectivity index (χ4n) is 5.71. The number of halogens is 2. The van der Waals surface area contributed by atoms with Gasteiger partial charge in [-0.2, -0.15) is 12.1 Å². The molecular formula is C40H44Cl2SiZr. The van der Waals surface area contributed by atoms with E-state index in [1.54, 1.807) is 0 Å². The first kappa shape index (κ1) is 36.3. The topological polar surface area (TPSA) is 0 Å². The van der Waals surface area contributed by atoms with Gasteiger partial charge in [0.25, 0.3) is 0 Å². The third-order valence-electron chi connectivity index (χ3n) is 7.50. The van der Waals surface area contributed by atoms with Gasteiger partial charge in [0.15, 0.2) is 0 Å². The van der Waals surface area contributed by atoms with Crippen LogP contribution in [0.15, 0.2) is 109 Å². The van der Waals surface area contributed by atoms with Gasteiger partial charge in [0.05, 0.1) is 0 Å².